The largest absolute Gasteiger partial charge is 0.396 e. The van der Waals surface area contributed by atoms with Gasteiger partial charge in [-0.25, -0.2) is 0 Å². The summed E-state index contributed by atoms with van der Waals surface area (Å²) in [6.07, 6.45) is 0.493. The number of aliphatic hydroxyl groups excluding tert-OH is 1. The molecule has 4 nitrogen and oxygen atoms in total. The van der Waals surface area contributed by atoms with Crippen LogP contribution in [0.1, 0.15) is 12.0 Å². The lowest BCUT2D eigenvalue weighted by Crippen LogP contribution is -2.24. The molecule has 0 aliphatic rings. The fourth-order valence-corrected chi connectivity index (χ4v) is 2.51. The second kappa shape index (κ2) is 5.63. The van der Waals surface area contributed by atoms with E-state index in [1.54, 1.807) is 28.0 Å². The lowest BCUT2D eigenvalue weighted by Gasteiger charge is -2.11. The summed E-state index contributed by atoms with van der Waals surface area (Å²) in [5, 5.41) is 19.7. The molecule has 0 amide bonds. The van der Waals surface area contributed by atoms with Gasteiger partial charge in [-0.2, -0.15) is 5.26 Å². The van der Waals surface area contributed by atoms with Gasteiger partial charge < -0.3 is 9.67 Å². The Bertz CT molecular complexity index is 623. The van der Waals surface area contributed by atoms with Gasteiger partial charge in [-0.15, -0.1) is 11.3 Å². The molecule has 2 aromatic rings. The molecule has 0 aliphatic carbocycles. The molecule has 0 spiro atoms. The summed E-state index contributed by atoms with van der Waals surface area (Å²) < 4.78 is 1.56. The fourth-order valence-electron chi connectivity index (χ4n) is 1.75. The highest BCUT2D eigenvalue weighted by atomic mass is 32.1. The number of thiophene rings is 1. The third-order valence-corrected chi connectivity index (χ3v) is 3.50. The Morgan fingerprint density at radius 3 is 2.83 bits per heavy atom. The van der Waals surface area contributed by atoms with Crippen molar-refractivity contribution in [3.63, 3.8) is 0 Å². The molecule has 1 N–H and O–H groups in total. The van der Waals surface area contributed by atoms with Crippen molar-refractivity contribution in [2.24, 2.45) is 0 Å². The number of aliphatic hydroxyl groups is 1. The van der Waals surface area contributed by atoms with Gasteiger partial charge in [-0.1, -0.05) is 6.07 Å². The van der Waals surface area contributed by atoms with Gasteiger partial charge in [0.2, 0.25) is 0 Å². The SMILES string of the molecule is N#Cc1ccc(-c2cccs2)n(CCCO)c1=O. The van der Waals surface area contributed by atoms with Crippen molar-refractivity contribution >= 4 is 11.3 Å². The highest BCUT2D eigenvalue weighted by Crippen LogP contribution is 2.23. The predicted molar refractivity (Wildman–Crippen MR) is 70.4 cm³/mol. The van der Waals surface area contributed by atoms with E-state index in [0.717, 1.165) is 10.6 Å². The van der Waals surface area contributed by atoms with Crippen LogP contribution in [0.5, 0.6) is 0 Å². The lowest BCUT2D eigenvalue weighted by atomic mass is 10.2. The maximum Gasteiger partial charge on any atom is 0.268 e. The molecule has 0 atom stereocenters. The number of aromatic nitrogens is 1. The summed E-state index contributed by atoms with van der Waals surface area (Å²) in [5.41, 5.74) is 0.632. The molecule has 92 valence electrons. The molecule has 0 aromatic carbocycles. The molecule has 0 aliphatic heterocycles. The Kier molecular flexibility index (Phi) is 3.92. The van der Waals surface area contributed by atoms with Crippen molar-refractivity contribution in [3.8, 4) is 16.6 Å². The predicted octanol–water partition coefficient (Wildman–Crippen LogP) is 1.83. The Morgan fingerprint density at radius 2 is 2.22 bits per heavy atom. The van der Waals surface area contributed by atoms with E-state index in [1.807, 2.05) is 23.6 Å². The van der Waals surface area contributed by atoms with Crippen LogP contribution in [0.3, 0.4) is 0 Å². The summed E-state index contributed by atoms with van der Waals surface area (Å²) in [5.74, 6) is 0. The van der Waals surface area contributed by atoms with Crippen molar-refractivity contribution in [3.05, 3.63) is 45.6 Å². The summed E-state index contributed by atoms with van der Waals surface area (Å²) in [6, 6.07) is 9.07. The number of pyridine rings is 1. The monoisotopic (exact) mass is 260 g/mol. The lowest BCUT2D eigenvalue weighted by molar-refractivity contribution is 0.279. The van der Waals surface area contributed by atoms with E-state index in [1.165, 1.54) is 0 Å². The molecule has 0 saturated carbocycles. The Hall–Kier alpha value is -1.90. The fraction of sp³-hybridized carbons (Fsp3) is 0.231. The highest BCUT2D eigenvalue weighted by Gasteiger charge is 2.10. The van der Waals surface area contributed by atoms with E-state index < -0.39 is 0 Å². The first-order valence-electron chi connectivity index (χ1n) is 5.56. The summed E-state index contributed by atoms with van der Waals surface area (Å²) in [6.45, 7) is 0.436. The van der Waals surface area contributed by atoms with Crippen molar-refractivity contribution in [1.82, 2.24) is 4.57 Å². The summed E-state index contributed by atoms with van der Waals surface area (Å²) in [4.78, 5) is 13.1. The molecule has 0 radical (unpaired) electrons. The van der Waals surface area contributed by atoms with Gasteiger partial charge in [0, 0.05) is 13.2 Å². The quantitative estimate of drug-likeness (QED) is 0.912. The van der Waals surface area contributed by atoms with E-state index in [4.69, 9.17) is 10.4 Å². The minimum Gasteiger partial charge on any atom is -0.396 e. The number of nitrogens with zero attached hydrogens (tertiary/aromatic N) is 2. The number of nitriles is 1. The smallest absolute Gasteiger partial charge is 0.268 e. The Balaban J connectivity index is 2.56. The van der Waals surface area contributed by atoms with E-state index >= 15 is 0 Å². The maximum absolute atomic E-state index is 12.1. The van der Waals surface area contributed by atoms with Gasteiger partial charge in [-0.05, 0) is 30.0 Å². The first kappa shape index (κ1) is 12.6. The van der Waals surface area contributed by atoms with Gasteiger partial charge in [0.25, 0.3) is 5.56 Å². The van der Waals surface area contributed by atoms with E-state index in [-0.39, 0.29) is 17.7 Å². The zero-order valence-electron chi connectivity index (χ0n) is 9.67. The average molecular weight is 260 g/mol. The van der Waals surface area contributed by atoms with Gasteiger partial charge in [0.05, 0.1) is 10.6 Å². The molecular formula is C13H12N2O2S. The van der Waals surface area contributed by atoms with Gasteiger partial charge in [0.15, 0.2) is 0 Å². The number of rotatable bonds is 4. The van der Waals surface area contributed by atoms with Crippen LogP contribution in [0.15, 0.2) is 34.4 Å². The average Bonchev–Trinajstić information content (AvgIpc) is 2.90. The molecule has 18 heavy (non-hydrogen) atoms. The Morgan fingerprint density at radius 1 is 1.39 bits per heavy atom. The molecule has 0 fully saturated rings. The first-order chi connectivity index (χ1) is 8.77. The van der Waals surface area contributed by atoms with E-state index in [0.29, 0.717) is 13.0 Å². The van der Waals surface area contributed by atoms with Crippen molar-refractivity contribution < 1.29 is 5.11 Å². The molecule has 0 bridgehead atoms. The topological polar surface area (TPSA) is 66.0 Å². The highest BCUT2D eigenvalue weighted by molar-refractivity contribution is 7.13. The van der Waals surface area contributed by atoms with Crippen LogP contribution < -0.4 is 5.56 Å². The van der Waals surface area contributed by atoms with Crippen LogP contribution in [-0.4, -0.2) is 16.3 Å². The second-order valence-corrected chi connectivity index (χ2v) is 4.70. The number of hydrogen-bond donors (Lipinski definition) is 1. The minimum absolute atomic E-state index is 0.0209. The summed E-state index contributed by atoms with van der Waals surface area (Å²) in [7, 11) is 0. The zero-order chi connectivity index (χ0) is 13.0. The van der Waals surface area contributed by atoms with Crippen LogP contribution in [0.4, 0.5) is 0 Å². The first-order valence-corrected chi connectivity index (χ1v) is 6.44. The van der Waals surface area contributed by atoms with Gasteiger partial charge in [-0.3, -0.25) is 4.79 Å². The van der Waals surface area contributed by atoms with Crippen molar-refractivity contribution in [2.45, 2.75) is 13.0 Å². The Labute approximate surface area is 108 Å². The van der Waals surface area contributed by atoms with E-state index in [9.17, 15) is 4.79 Å². The molecule has 0 unspecified atom stereocenters. The molecule has 2 heterocycles. The van der Waals surface area contributed by atoms with Crippen LogP contribution in [-0.2, 0) is 6.54 Å². The third-order valence-electron chi connectivity index (χ3n) is 2.61. The van der Waals surface area contributed by atoms with Gasteiger partial charge >= 0.3 is 0 Å². The van der Waals surface area contributed by atoms with Crippen LogP contribution in [0, 0.1) is 11.3 Å². The van der Waals surface area contributed by atoms with E-state index in [2.05, 4.69) is 0 Å². The van der Waals surface area contributed by atoms with Crippen LogP contribution in [0.25, 0.3) is 10.6 Å². The number of hydrogen-bond acceptors (Lipinski definition) is 4. The minimum atomic E-state index is -0.295. The molecule has 5 heteroatoms. The standard InChI is InChI=1S/C13H12N2O2S/c14-9-10-4-5-11(12-3-1-8-18-12)15(13(10)17)6-2-7-16/h1,3-5,8,16H,2,6-7H2. The zero-order valence-corrected chi connectivity index (χ0v) is 10.5. The van der Waals surface area contributed by atoms with Crippen LogP contribution >= 0.6 is 11.3 Å². The summed E-state index contributed by atoms with van der Waals surface area (Å²) >= 11 is 1.54. The third kappa shape index (κ3) is 2.35. The molecule has 0 saturated heterocycles. The maximum atomic E-state index is 12.1. The van der Waals surface area contributed by atoms with Gasteiger partial charge in [0.1, 0.15) is 11.6 Å². The molecule has 2 aromatic heterocycles. The van der Waals surface area contributed by atoms with Crippen molar-refractivity contribution in [1.29, 1.82) is 5.26 Å². The van der Waals surface area contributed by atoms with Crippen LogP contribution in [0.2, 0.25) is 0 Å². The normalized spacial score (nSPS) is 10.2. The second-order valence-electron chi connectivity index (χ2n) is 3.76. The van der Waals surface area contributed by atoms with Crippen molar-refractivity contribution in [2.75, 3.05) is 6.61 Å². The molecule has 2 rings (SSSR count). The molecular weight excluding hydrogens is 248 g/mol.